The number of oxazole rings is 1. The Kier molecular flexibility index (Phi) is 6.96. The van der Waals surface area contributed by atoms with Crippen LogP contribution in [0.5, 0.6) is 0 Å². The number of hydrogen-bond donors (Lipinski definition) is 2. The Morgan fingerprint density at radius 2 is 1.84 bits per heavy atom. The van der Waals surface area contributed by atoms with Crippen LogP contribution in [0.3, 0.4) is 0 Å². The van der Waals surface area contributed by atoms with Crippen LogP contribution in [0.1, 0.15) is 23.2 Å². The highest BCUT2D eigenvalue weighted by Crippen LogP contribution is 2.32. The van der Waals surface area contributed by atoms with Gasteiger partial charge in [-0.05, 0) is 73.6 Å². The molecule has 9 nitrogen and oxygen atoms in total. The van der Waals surface area contributed by atoms with Crippen LogP contribution in [0.2, 0.25) is 10.0 Å². The van der Waals surface area contributed by atoms with Crippen molar-refractivity contribution < 1.29 is 14.1 Å². The highest BCUT2D eigenvalue weighted by Gasteiger charge is 2.24. The molecule has 0 radical (unpaired) electrons. The van der Waals surface area contributed by atoms with E-state index in [4.69, 9.17) is 39.8 Å². The van der Waals surface area contributed by atoms with Gasteiger partial charge in [0.2, 0.25) is 5.89 Å². The second-order valence-electron chi connectivity index (χ2n) is 8.39. The molecule has 0 saturated carbocycles. The maximum absolute atomic E-state index is 12.8. The van der Waals surface area contributed by atoms with E-state index in [0.717, 1.165) is 25.9 Å². The molecule has 0 aliphatic carbocycles. The Morgan fingerprint density at radius 3 is 2.57 bits per heavy atom. The number of anilines is 2. The highest BCUT2D eigenvalue weighted by atomic mass is 35.5. The first-order chi connectivity index (χ1) is 17.8. The average molecular weight is 556 g/mol. The van der Waals surface area contributed by atoms with Gasteiger partial charge in [0.15, 0.2) is 10.7 Å². The average Bonchev–Trinajstić information content (AvgIpc) is 3.55. The summed E-state index contributed by atoms with van der Waals surface area (Å²) in [6.45, 7) is 1.51. The molecule has 0 bridgehead atoms. The molecule has 1 aliphatic rings. The zero-order chi connectivity index (χ0) is 26.1. The lowest BCUT2D eigenvalue weighted by atomic mass is 10.1. The zero-order valence-corrected chi connectivity index (χ0v) is 21.5. The third-order valence-corrected chi connectivity index (χ3v) is 6.86. The van der Waals surface area contributed by atoms with Crippen molar-refractivity contribution in [2.45, 2.75) is 12.8 Å². The standard InChI is InChI=1S/C25H19Cl2N5O4S/c26-17-6-3-15(11-18(17)27)24-29-19-13-16(5-8-22(19)36-24)28-25(37)30-23(33)14-4-7-20(21(12-14)32(34)35)31-9-1-2-10-31/h3-8,11-13H,1-2,9-10H2,(H2,28,30,33,37). The monoisotopic (exact) mass is 555 g/mol. The van der Waals surface area contributed by atoms with Crippen molar-refractivity contribution in [2.75, 3.05) is 23.3 Å². The van der Waals surface area contributed by atoms with E-state index < -0.39 is 10.8 Å². The number of amides is 1. The van der Waals surface area contributed by atoms with Gasteiger partial charge < -0.3 is 14.6 Å². The lowest BCUT2D eigenvalue weighted by molar-refractivity contribution is -0.384. The summed E-state index contributed by atoms with van der Waals surface area (Å²) in [6, 6.07) is 14.7. The maximum atomic E-state index is 12.8. The van der Waals surface area contributed by atoms with E-state index in [1.165, 1.54) is 6.07 Å². The quantitative estimate of drug-likeness (QED) is 0.164. The number of carbonyl (C=O) groups excluding carboxylic acids is 1. The van der Waals surface area contributed by atoms with Crippen LogP contribution in [0.25, 0.3) is 22.6 Å². The van der Waals surface area contributed by atoms with Gasteiger partial charge in [0.1, 0.15) is 11.2 Å². The number of benzene rings is 3. The van der Waals surface area contributed by atoms with Crippen LogP contribution in [0, 0.1) is 10.1 Å². The van der Waals surface area contributed by atoms with Crippen LogP contribution in [-0.2, 0) is 0 Å². The Hall–Kier alpha value is -3.73. The second-order valence-corrected chi connectivity index (χ2v) is 9.62. The molecule has 12 heteroatoms. The molecule has 1 amide bonds. The zero-order valence-electron chi connectivity index (χ0n) is 19.2. The normalized spacial score (nSPS) is 13.1. The van der Waals surface area contributed by atoms with Crippen LogP contribution in [-0.4, -0.2) is 34.0 Å². The number of hydrogen-bond acceptors (Lipinski definition) is 7. The topological polar surface area (TPSA) is 114 Å². The number of halogens is 2. The Labute approximate surface area is 226 Å². The molecule has 1 aromatic heterocycles. The predicted octanol–water partition coefficient (Wildman–Crippen LogP) is 6.44. The first-order valence-corrected chi connectivity index (χ1v) is 12.5. The largest absolute Gasteiger partial charge is 0.436 e. The SMILES string of the molecule is O=C(NC(=S)Nc1ccc2oc(-c3ccc(Cl)c(Cl)c3)nc2c1)c1ccc(N2CCCC2)c([N+](=O)[O-])c1. The maximum Gasteiger partial charge on any atom is 0.293 e. The van der Waals surface area contributed by atoms with Crippen molar-refractivity contribution in [2.24, 2.45) is 0 Å². The summed E-state index contributed by atoms with van der Waals surface area (Å²) in [6.07, 6.45) is 1.96. The molecule has 188 valence electrons. The first kappa shape index (κ1) is 24.9. The van der Waals surface area contributed by atoms with Crippen molar-refractivity contribution in [3.8, 4) is 11.5 Å². The number of fused-ring (bicyclic) bond motifs is 1. The molecule has 1 saturated heterocycles. The number of rotatable bonds is 5. The summed E-state index contributed by atoms with van der Waals surface area (Å²) in [4.78, 5) is 30.4. The smallest absolute Gasteiger partial charge is 0.293 e. The molecule has 0 unspecified atom stereocenters. The predicted molar refractivity (Wildman–Crippen MR) is 148 cm³/mol. The molecule has 0 atom stereocenters. The lowest BCUT2D eigenvalue weighted by Crippen LogP contribution is -2.34. The summed E-state index contributed by atoms with van der Waals surface area (Å²) >= 11 is 17.4. The Morgan fingerprint density at radius 1 is 1.05 bits per heavy atom. The van der Waals surface area contributed by atoms with Gasteiger partial charge in [-0.2, -0.15) is 0 Å². The summed E-state index contributed by atoms with van der Waals surface area (Å²) in [5.74, 6) is -0.182. The molecule has 4 aromatic rings. The van der Waals surface area contributed by atoms with Crippen LogP contribution < -0.4 is 15.5 Å². The molecule has 3 aromatic carbocycles. The van der Waals surface area contributed by atoms with Gasteiger partial charge in [-0.3, -0.25) is 20.2 Å². The number of nitro groups is 1. The minimum atomic E-state index is -0.557. The van der Waals surface area contributed by atoms with E-state index >= 15 is 0 Å². The van der Waals surface area contributed by atoms with Gasteiger partial charge in [-0.15, -0.1) is 0 Å². The van der Waals surface area contributed by atoms with Crippen molar-refractivity contribution in [3.63, 3.8) is 0 Å². The number of carbonyl (C=O) groups is 1. The van der Waals surface area contributed by atoms with E-state index in [-0.39, 0.29) is 16.4 Å². The molecule has 5 rings (SSSR count). The number of nitrogens with one attached hydrogen (secondary N) is 2. The third kappa shape index (κ3) is 5.36. The van der Waals surface area contributed by atoms with Gasteiger partial charge >= 0.3 is 0 Å². The lowest BCUT2D eigenvalue weighted by Gasteiger charge is -2.18. The number of aromatic nitrogens is 1. The fourth-order valence-corrected chi connectivity index (χ4v) is 4.64. The molecular weight excluding hydrogens is 537 g/mol. The summed E-state index contributed by atoms with van der Waals surface area (Å²) in [5.41, 5.74) is 2.90. The van der Waals surface area contributed by atoms with Crippen molar-refractivity contribution in [3.05, 3.63) is 80.3 Å². The fourth-order valence-electron chi connectivity index (χ4n) is 4.13. The molecule has 0 spiro atoms. The van der Waals surface area contributed by atoms with Crippen molar-refractivity contribution in [1.29, 1.82) is 0 Å². The highest BCUT2D eigenvalue weighted by molar-refractivity contribution is 7.80. The van der Waals surface area contributed by atoms with Gasteiger partial charge in [0.25, 0.3) is 11.6 Å². The fraction of sp³-hybridized carbons (Fsp3) is 0.160. The minimum Gasteiger partial charge on any atom is -0.436 e. The van der Waals surface area contributed by atoms with E-state index in [2.05, 4.69) is 15.6 Å². The van der Waals surface area contributed by atoms with Crippen LogP contribution in [0.15, 0.2) is 59.0 Å². The number of nitro benzene ring substituents is 1. The van der Waals surface area contributed by atoms with E-state index in [1.807, 2.05) is 4.90 Å². The Bertz CT molecular complexity index is 1550. The molecule has 1 fully saturated rings. The summed E-state index contributed by atoms with van der Waals surface area (Å²) in [5, 5.41) is 18.0. The Balaban J connectivity index is 1.29. The molecule has 2 heterocycles. The van der Waals surface area contributed by atoms with Crippen molar-refractivity contribution >= 4 is 74.6 Å². The van der Waals surface area contributed by atoms with E-state index in [1.54, 1.807) is 48.5 Å². The van der Waals surface area contributed by atoms with Crippen LogP contribution in [0.4, 0.5) is 17.1 Å². The molecule has 37 heavy (non-hydrogen) atoms. The number of nitrogens with zero attached hydrogens (tertiary/aromatic N) is 3. The molecule has 1 aliphatic heterocycles. The summed E-state index contributed by atoms with van der Waals surface area (Å²) in [7, 11) is 0. The van der Waals surface area contributed by atoms with Gasteiger partial charge in [0.05, 0.1) is 15.0 Å². The van der Waals surface area contributed by atoms with Gasteiger partial charge in [-0.25, -0.2) is 4.98 Å². The summed E-state index contributed by atoms with van der Waals surface area (Å²) < 4.78 is 5.81. The van der Waals surface area contributed by atoms with Gasteiger partial charge in [0, 0.05) is 36.0 Å². The second kappa shape index (κ2) is 10.3. The van der Waals surface area contributed by atoms with Crippen LogP contribution >= 0.6 is 35.4 Å². The van der Waals surface area contributed by atoms with E-state index in [0.29, 0.717) is 44.0 Å². The number of thiocarbonyl (C=S) groups is 1. The van der Waals surface area contributed by atoms with Gasteiger partial charge in [-0.1, -0.05) is 23.2 Å². The van der Waals surface area contributed by atoms with Crippen molar-refractivity contribution in [1.82, 2.24) is 10.3 Å². The first-order valence-electron chi connectivity index (χ1n) is 11.3. The molecule has 2 N–H and O–H groups in total. The minimum absolute atomic E-state index is 0.0313. The van der Waals surface area contributed by atoms with E-state index in [9.17, 15) is 14.9 Å². The third-order valence-electron chi connectivity index (χ3n) is 5.92. The molecular formula is C25H19Cl2N5O4S.